The molecular weight excluding hydrogens is 430 g/mol. The zero-order chi connectivity index (χ0) is 21.1. The molecule has 0 spiro atoms. The van der Waals surface area contributed by atoms with Crippen molar-refractivity contribution in [3.8, 4) is 16.3 Å². The maximum atomic E-state index is 12.7. The van der Waals surface area contributed by atoms with E-state index in [9.17, 15) is 4.79 Å². The van der Waals surface area contributed by atoms with Gasteiger partial charge in [-0.05, 0) is 44.4 Å². The molecule has 6 rings (SSSR count). The van der Waals surface area contributed by atoms with Crippen molar-refractivity contribution in [1.29, 1.82) is 0 Å². The largest absolute Gasteiger partial charge is 0.348 e. The van der Waals surface area contributed by atoms with E-state index in [1.165, 1.54) is 37.0 Å². The number of aromatic nitrogens is 5. The standard InChI is InChI=1S/C21H23N7OS2/c1-26-14-3-4-15(26)9-16(8-14)27(2)20-24-18-19(30-20)25-21(31-18)28-6-5-12(7-17(28)29)13-10-22-23-11-13/h5-7,10-11,14-16H,3-4,8-9H2,1-2H3,(H,22,23)/t14-,15+,16-. The first-order valence-corrected chi connectivity index (χ1v) is 12.1. The van der Waals surface area contributed by atoms with Gasteiger partial charge in [0.25, 0.3) is 5.56 Å². The quantitative estimate of drug-likeness (QED) is 0.510. The first-order chi connectivity index (χ1) is 15.1. The minimum atomic E-state index is -0.112. The van der Waals surface area contributed by atoms with Crippen LogP contribution >= 0.6 is 22.7 Å². The van der Waals surface area contributed by atoms with Crippen LogP contribution in [0.3, 0.4) is 0 Å². The first-order valence-electron chi connectivity index (χ1n) is 10.5. The van der Waals surface area contributed by atoms with Crippen molar-refractivity contribution < 1.29 is 0 Å². The highest BCUT2D eigenvalue weighted by molar-refractivity contribution is 7.29. The van der Waals surface area contributed by atoms with Gasteiger partial charge in [-0.25, -0.2) is 9.97 Å². The van der Waals surface area contributed by atoms with Gasteiger partial charge in [-0.15, -0.1) is 0 Å². The first kappa shape index (κ1) is 19.1. The van der Waals surface area contributed by atoms with E-state index in [1.54, 1.807) is 40.6 Å². The summed E-state index contributed by atoms with van der Waals surface area (Å²) in [7, 11) is 4.44. The van der Waals surface area contributed by atoms with E-state index in [0.29, 0.717) is 23.3 Å². The van der Waals surface area contributed by atoms with Crippen molar-refractivity contribution in [2.24, 2.45) is 0 Å². The van der Waals surface area contributed by atoms with Crippen LogP contribution in [0.25, 0.3) is 25.9 Å². The monoisotopic (exact) mass is 453 g/mol. The average Bonchev–Trinajstić information content (AvgIpc) is 3.51. The number of nitrogens with zero attached hydrogens (tertiary/aromatic N) is 6. The van der Waals surface area contributed by atoms with E-state index in [1.807, 2.05) is 6.07 Å². The molecule has 0 unspecified atom stereocenters. The molecule has 4 aromatic heterocycles. The summed E-state index contributed by atoms with van der Waals surface area (Å²) in [6, 6.07) is 5.46. The summed E-state index contributed by atoms with van der Waals surface area (Å²) in [4.78, 5) is 29.0. The van der Waals surface area contributed by atoms with Crippen LogP contribution in [-0.4, -0.2) is 61.9 Å². The lowest BCUT2D eigenvalue weighted by Gasteiger charge is -2.40. The Bertz CT molecular complexity index is 1250. The third-order valence-electron chi connectivity index (χ3n) is 6.83. The highest BCUT2D eigenvalue weighted by Gasteiger charge is 2.40. The fourth-order valence-corrected chi connectivity index (χ4v) is 7.01. The Labute approximate surface area is 187 Å². The minimum absolute atomic E-state index is 0.112. The Morgan fingerprint density at radius 3 is 2.58 bits per heavy atom. The number of piperidine rings is 1. The number of rotatable bonds is 4. The summed E-state index contributed by atoms with van der Waals surface area (Å²) in [5, 5.41) is 8.40. The summed E-state index contributed by atoms with van der Waals surface area (Å²) in [5.74, 6) is 0. The lowest BCUT2D eigenvalue weighted by molar-refractivity contribution is 0.161. The predicted molar refractivity (Wildman–Crippen MR) is 124 cm³/mol. The summed E-state index contributed by atoms with van der Waals surface area (Å²) in [6.07, 6.45) is 10.3. The van der Waals surface area contributed by atoms with Crippen LogP contribution in [0.2, 0.25) is 0 Å². The number of aromatic amines is 1. The fraction of sp³-hybridized carbons (Fsp3) is 0.429. The molecule has 1 N–H and O–H groups in total. The number of thiazole rings is 2. The molecule has 3 atom stereocenters. The second-order valence-corrected chi connectivity index (χ2v) is 10.4. The van der Waals surface area contributed by atoms with Gasteiger partial charge in [0.15, 0.2) is 19.9 Å². The van der Waals surface area contributed by atoms with Crippen molar-refractivity contribution in [2.75, 3.05) is 19.0 Å². The molecule has 8 nitrogen and oxygen atoms in total. The Hall–Kier alpha value is -2.56. The van der Waals surface area contributed by atoms with Crippen LogP contribution in [0.1, 0.15) is 25.7 Å². The van der Waals surface area contributed by atoms with Gasteiger partial charge >= 0.3 is 0 Å². The fourth-order valence-electron chi connectivity index (χ4n) is 4.96. The van der Waals surface area contributed by atoms with Crippen molar-refractivity contribution >= 4 is 37.5 Å². The third kappa shape index (κ3) is 3.20. The molecule has 2 aliphatic heterocycles. The summed E-state index contributed by atoms with van der Waals surface area (Å²) < 4.78 is 1.58. The molecule has 6 heterocycles. The van der Waals surface area contributed by atoms with Crippen LogP contribution in [0.5, 0.6) is 0 Å². The number of hydrogen-bond acceptors (Lipinski definition) is 8. The molecular formula is C21H23N7OS2. The molecule has 160 valence electrons. The molecule has 2 bridgehead atoms. The molecule has 2 aliphatic rings. The van der Waals surface area contributed by atoms with Gasteiger partial charge in [-0.1, -0.05) is 22.7 Å². The molecule has 0 aromatic carbocycles. The highest BCUT2D eigenvalue weighted by Crippen LogP contribution is 2.39. The molecule has 2 fully saturated rings. The Morgan fingerprint density at radius 2 is 1.90 bits per heavy atom. The molecule has 0 radical (unpaired) electrons. The van der Waals surface area contributed by atoms with E-state index >= 15 is 0 Å². The summed E-state index contributed by atoms with van der Waals surface area (Å²) >= 11 is 3.08. The zero-order valence-corrected chi connectivity index (χ0v) is 19.0. The van der Waals surface area contributed by atoms with Crippen LogP contribution in [0.4, 0.5) is 5.13 Å². The van der Waals surface area contributed by atoms with Crippen LogP contribution in [-0.2, 0) is 0 Å². The Morgan fingerprint density at radius 1 is 1.13 bits per heavy atom. The van der Waals surface area contributed by atoms with E-state index in [-0.39, 0.29) is 5.56 Å². The van der Waals surface area contributed by atoms with Gasteiger partial charge in [-0.2, -0.15) is 5.10 Å². The molecule has 2 saturated heterocycles. The van der Waals surface area contributed by atoms with Crippen LogP contribution in [0.15, 0.2) is 35.5 Å². The number of anilines is 1. The summed E-state index contributed by atoms with van der Waals surface area (Å²) in [6.45, 7) is 0. The van der Waals surface area contributed by atoms with Crippen LogP contribution < -0.4 is 10.5 Å². The van der Waals surface area contributed by atoms with Crippen molar-refractivity contribution in [3.05, 3.63) is 41.1 Å². The van der Waals surface area contributed by atoms with Crippen molar-refractivity contribution in [2.45, 2.75) is 43.8 Å². The molecule has 0 aliphatic carbocycles. The molecule has 4 aromatic rings. The lowest BCUT2D eigenvalue weighted by Crippen LogP contribution is -2.47. The second kappa shape index (κ2) is 7.25. The van der Waals surface area contributed by atoms with E-state index in [0.717, 1.165) is 25.9 Å². The van der Waals surface area contributed by atoms with Gasteiger partial charge in [-0.3, -0.25) is 14.5 Å². The summed E-state index contributed by atoms with van der Waals surface area (Å²) in [5.41, 5.74) is 1.61. The van der Waals surface area contributed by atoms with Gasteiger partial charge in [0.1, 0.15) is 0 Å². The van der Waals surface area contributed by atoms with E-state index < -0.39 is 0 Å². The maximum Gasteiger partial charge on any atom is 0.257 e. The van der Waals surface area contributed by atoms with Gasteiger partial charge < -0.3 is 9.80 Å². The SMILES string of the molecule is CN(c1nc2sc(-n3ccc(-c4cn[nH]c4)cc3=O)nc2s1)[C@@H]1C[C@H]2CC[C@@H](C1)N2C. The number of H-pyrrole nitrogens is 1. The zero-order valence-electron chi connectivity index (χ0n) is 17.4. The normalized spacial score (nSPS) is 23.6. The van der Waals surface area contributed by atoms with E-state index in [2.05, 4.69) is 34.1 Å². The molecule has 0 amide bonds. The number of hydrogen-bond donors (Lipinski definition) is 1. The highest BCUT2D eigenvalue weighted by atomic mass is 32.1. The number of nitrogens with one attached hydrogen (secondary N) is 1. The molecule has 10 heteroatoms. The average molecular weight is 454 g/mol. The van der Waals surface area contributed by atoms with Gasteiger partial charge in [0, 0.05) is 49.2 Å². The predicted octanol–water partition coefficient (Wildman–Crippen LogP) is 3.36. The minimum Gasteiger partial charge on any atom is -0.348 e. The molecule has 0 saturated carbocycles. The number of fused-ring (bicyclic) bond motifs is 3. The van der Waals surface area contributed by atoms with Gasteiger partial charge in [0.2, 0.25) is 0 Å². The second-order valence-electron chi connectivity index (χ2n) is 8.50. The lowest BCUT2D eigenvalue weighted by atomic mass is 9.97. The van der Waals surface area contributed by atoms with Gasteiger partial charge in [0.05, 0.1) is 6.20 Å². The van der Waals surface area contributed by atoms with E-state index in [4.69, 9.17) is 9.97 Å². The smallest absolute Gasteiger partial charge is 0.257 e. The van der Waals surface area contributed by atoms with Crippen molar-refractivity contribution in [1.82, 2.24) is 29.6 Å². The van der Waals surface area contributed by atoms with Crippen molar-refractivity contribution in [3.63, 3.8) is 0 Å². The number of pyridine rings is 1. The Kier molecular flexibility index (Phi) is 4.48. The topological polar surface area (TPSA) is 82.9 Å². The van der Waals surface area contributed by atoms with Crippen LogP contribution in [0, 0.1) is 0 Å². The third-order valence-corrected chi connectivity index (χ3v) is 8.95. The maximum absolute atomic E-state index is 12.7. The Balaban J connectivity index is 1.25. The molecule has 31 heavy (non-hydrogen) atoms.